The van der Waals surface area contributed by atoms with Gasteiger partial charge in [-0.1, -0.05) is 24.3 Å². The van der Waals surface area contributed by atoms with Crippen molar-refractivity contribution in [3.63, 3.8) is 0 Å². The van der Waals surface area contributed by atoms with Crippen molar-refractivity contribution < 1.29 is 13.9 Å². The molecular weight excluding hydrogens is 375 g/mol. The number of aryl methyl sites for hydroxylation is 1. The van der Waals surface area contributed by atoms with E-state index in [0.29, 0.717) is 13.2 Å². The van der Waals surface area contributed by atoms with Gasteiger partial charge in [0.15, 0.2) is 0 Å². The second kappa shape index (κ2) is 10.0. The Labute approximate surface area is 170 Å². The molecule has 2 aromatic carbocycles. The van der Waals surface area contributed by atoms with Gasteiger partial charge < -0.3 is 10.1 Å². The van der Waals surface area contributed by atoms with Crippen LogP contribution in [0.15, 0.2) is 53.4 Å². The number of nitrogens with one attached hydrogen (secondary N) is 1. The van der Waals surface area contributed by atoms with Gasteiger partial charge in [-0.15, -0.1) is 11.8 Å². The van der Waals surface area contributed by atoms with Gasteiger partial charge in [0, 0.05) is 36.9 Å². The molecule has 2 aromatic rings. The maximum absolute atomic E-state index is 13.2. The molecule has 0 unspecified atom stereocenters. The number of hydrogen-bond donors (Lipinski definition) is 1. The normalized spacial score (nSPS) is 19.7. The van der Waals surface area contributed by atoms with Crippen molar-refractivity contribution in [1.82, 2.24) is 10.2 Å². The van der Waals surface area contributed by atoms with E-state index < -0.39 is 0 Å². The maximum atomic E-state index is 13.2. The molecule has 1 fully saturated rings. The molecule has 6 heteroatoms. The molecule has 1 heterocycles. The van der Waals surface area contributed by atoms with Gasteiger partial charge in [-0.2, -0.15) is 0 Å². The summed E-state index contributed by atoms with van der Waals surface area (Å²) >= 11 is 1.71. The van der Waals surface area contributed by atoms with Gasteiger partial charge >= 0.3 is 0 Å². The van der Waals surface area contributed by atoms with Crippen LogP contribution in [0.4, 0.5) is 4.39 Å². The zero-order valence-electron chi connectivity index (χ0n) is 16.4. The summed E-state index contributed by atoms with van der Waals surface area (Å²) in [6.45, 7) is 4.68. The van der Waals surface area contributed by atoms with E-state index >= 15 is 0 Å². The van der Waals surface area contributed by atoms with Crippen LogP contribution in [0.5, 0.6) is 0 Å². The van der Waals surface area contributed by atoms with Crippen molar-refractivity contribution in [3.05, 3.63) is 65.5 Å². The molecular formula is C22H27FN2O2S. The van der Waals surface area contributed by atoms with Crippen LogP contribution < -0.4 is 5.32 Å². The minimum atomic E-state index is -0.229. The molecule has 0 bridgehead atoms. The van der Waals surface area contributed by atoms with Crippen LogP contribution in [0.25, 0.3) is 0 Å². The predicted molar refractivity (Wildman–Crippen MR) is 111 cm³/mol. The number of carbonyl (C=O) groups is 1. The van der Waals surface area contributed by atoms with Crippen molar-refractivity contribution >= 4 is 17.7 Å². The summed E-state index contributed by atoms with van der Waals surface area (Å²) < 4.78 is 18.2. The topological polar surface area (TPSA) is 41.6 Å². The Kier molecular flexibility index (Phi) is 7.48. The van der Waals surface area contributed by atoms with E-state index in [1.54, 1.807) is 31.0 Å². The molecule has 1 aliphatic rings. The molecule has 0 radical (unpaired) electrons. The standard InChI is InChI=1S/C22H27FN2O2S/c1-16-5-3-4-6-17(16)14-25-15-20(28-19-9-7-18(23)8-10-19)13-21(25)22(26)24-11-12-27-2/h3-10,20-21H,11-15H2,1-2H3,(H,24,26)/t20-,21+/m1/s1. The number of amides is 1. The third-order valence-corrected chi connectivity index (χ3v) is 6.24. The number of rotatable bonds is 8. The number of carbonyl (C=O) groups excluding carboxylic acids is 1. The molecule has 3 rings (SSSR count). The van der Waals surface area contributed by atoms with E-state index in [4.69, 9.17) is 4.74 Å². The first-order chi connectivity index (χ1) is 13.6. The van der Waals surface area contributed by atoms with Gasteiger partial charge in [0.25, 0.3) is 0 Å². The lowest BCUT2D eigenvalue weighted by molar-refractivity contribution is -0.125. The molecule has 2 atom stereocenters. The quantitative estimate of drug-likeness (QED) is 0.685. The van der Waals surface area contributed by atoms with Crippen molar-refractivity contribution in [1.29, 1.82) is 0 Å². The fourth-order valence-electron chi connectivity index (χ4n) is 3.50. The second-order valence-corrected chi connectivity index (χ2v) is 8.46. The molecule has 28 heavy (non-hydrogen) atoms. The van der Waals surface area contributed by atoms with Crippen LogP contribution in [0.1, 0.15) is 17.5 Å². The third kappa shape index (κ3) is 5.56. The number of likely N-dealkylation sites (tertiary alicyclic amines) is 1. The van der Waals surface area contributed by atoms with Crippen LogP contribution in [0.3, 0.4) is 0 Å². The van der Waals surface area contributed by atoms with E-state index in [1.165, 1.54) is 23.3 Å². The highest BCUT2D eigenvalue weighted by Gasteiger charge is 2.37. The lowest BCUT2D eigenvalue weighted by atomic mass is 10.1. The largest absolute Gasteiger partial charge is 0.383 e. The predicted octanol–water partition coefficient (Wildman–Crippen LogP) is 3.63. The van der Waals surface area contributed by atoms with Crippen LogP contribution in [-0.4, -0.2) is 48.9 Å². The average molecular weight is 403 g/mol. The Morgan fingerprint density at radius 3 is 2.71 bits per heavy atom. The molecule has 1 N–H and O–H groups in total. The third-order valence-electron chi connectivity index (χ3n) is 5.02. The Hall–Kier alpha value is -1.89. The summed E-state index contributed by atoms with van der Waals surface area (Å²) in [5.41, 5.74) is 2.47. The molecule has 1 aliphatic heterocycles. The summed E-state index contributed by atoms with van der Waals surface area (Å²) in [4.78, 5) is 16.1. The van der Waals surface area contributed by atoms with Crippen LogP contribution in [0.2, 0.25) is 0 Å². The summed E-state index contributed by atoms with van der Waals surface area (Å²) in [7, 11) is 1.63. The average Bonchev–Trinajstić information content (AvgIpc) is 3.08. The Morgan fingerprint density at radius 2 is 2.00 bits per heavy atom. The van der Waals surface area contributed by atoms with Crippen molar-refractivity contribution in [2.24, 2.45) is 0 Å². The first kappa shape index (κ1) is 20.8. The van der Waals surface area contributed by atoms with E-state index in [1.807, 2.05) is 12.1 Å². The highest BCUT2D eigenvalue weighted by atomic mass is 32.2. The van der Waals surface area contributed by atoms with Gasteiger partial charge in [0.2, 0.25) is 5.91 Å². The highest BCUT2D eigenvalue weighted by molar-refractivity contribution is 8.00. The second-order valence-electron chi connectivity index (χ2n) is 7.09. The zero-order chi connectivity index (χ0) is 19.9. The minimum absolute atomic E-state index is 0.0489. The molecule has 0 saturated carbocycles. The fraction of sp³-hybridized carbons (Fsp3) is 0.409. The van der Waals surface area contributed by atoms with E-state index in [0.717, 1.165) is 24.4 Å². The number of thioether (sulfide) groups is 1. The zero-order valence-corrected chi connectivity index (χ0v) is 17.2. The van der Waals surface area contributed by atoms with E-state index in [-0.39, 0.29) is 23.0 Å². The molecule has 4 nitrogen and oxygen atoms in total. The molecule has 0 aliphatic carbocycles. The van der Waals surface area contributed by atoms with Crippen LogP contribution in [-0.2, 0) is 16.1 Å². The maximum Gasteiger partial charge on any atom is 0.237 e. The van der Waals surface area contributed by atoms with Crippen molar-refractivity contribution in [2.75, 3.05) is 26.8 Å². The van der Waals surface area contributed by atoms with Gasteiger partial charge in [-0.3, -0.25) is 9.69 Å². The Bertz CT molecular complexity index is 784. The molecule has 150 valence electrons. The molecule has 0 aromatic heterocycles. The number of methoxy groups -OCH3 is 1. The fourth-order valence-corrected chi connectivity index (χ4v) is 4.72. The number of hydrogen-bond acceptors (Lipinski definition) is 4. The smallest absolute Gasteiger partial charge is 0.237 e. The van der Waals surface area contributed by atoms with Crippen LogP contribution in [0, 0.1) is 12.7 Å². The number of benzene rings is 2. The van der Waals surface area contributed by atoms with Gasteiger partial charge in [0.05, 0.1) is 12.6 Å². The summed E-state index contributed by atoms with van der Waals surface area (Å²) in [6.07, 6.45) is 0.771. The van der Waals surface area contributed by atoms with Crippen LogP contribution >= 0.6 is 11.8 Å². The van der Waals surface area contributed by atoms with Gasteiger partial charge in [-0.25, -0.2) is 4.39 Å². The molecule has 1 saturated heterocycles. The SMILES string of the molecule is COCCNC(=O)[C@@H]1C[C@@H](Sc2ccc(F)cc2)CN1Cc1ccccc1C. The summed E-state index contributed by atoms with van der Waals surface area (Å²) in [5.74, 6) is -0.180. The van der Waals surface area contributed by atoms with Gasteiger partial charge in [0.1, 0.15) is 5.82 Å². The first-order valence-electron chi connectivity index (χ1n) is 9.54. The Morgan fingerprint density at radius 1 is 1.25 bits per heavy atom. The van der Waals surface area contributed by atoms with E-state index in [9.17, 15) is 9.18 Å². The van der Waals surface area contributed by atoms with Crippen molar-refractivity contribution in [2.45, 2.75) is 36.1 Å². The summed E-state index contributed by atoms with van der Waals surface area (Å²) in [5, 5.41) is 3.27. The minimum Gasteiger partial charge on any atom is -0.383 e. The summed E-state index contributed by atoms with van der Waals surface area (Å²) in [6, 6.07) is 14.7. The molecule has 0 spiro atoms. The highest BCUT2D eigenvalue weighted by Crippen LogP contribution is 2.34. The Balaban J connectivity index is 1.70. The van der Waals surface area contributed by atoms with E-state index in [2.05, 4.69) is 29.3 Å². The van der Waals surface area contributed by atoms with Gasteiger partial charge in [-0.05, 0) is 48.7 Å². The number of nitrogens with zero attached hydrogens (tertiary/aromatic N) is 1. The lowest BCUT2D eigenvalue weighted by Gasteiger charge is -2.24. The lowest BCUT2D eigenvalue weighted by Crippen LogP contribution is -2.43. The number of ether oxygens (including phenoxy) is 1. The number of halogens is 1. The monoisotopic (exact) mass is 402 g/mol. The van der Waals surface area contributed by atoms with Crippen molar-refractivity contribution in [3.8, 4) is 0 Å². The first-order valence-corrected chi connectivity index (χ1v) is 10.4. The molecule has 1 amide bonds.